The number of likely N-dealkylation sites (tertiary alicyclic amines) is 1. The van der Waals surface area contributed by atoms with E-state index in [0.717, 1.165) is 0 Å². The van der Waals surface area contributed by atoms with Gasteiger partial charge in [-0.05, 0) is 6.42 Å². The van der Waals surface area contributed by atoms with Gasteiger partial charge in [-0.15, -0.1) is 0 Å². The van der Waals surface area contributed by atoms with E-state index in [2.05, 4.69) is 25.3 Å². The number of rotatable bonds is 4. The summed E-state index contributed by atoms with van der Waals surface area (Å²) < 4.78 is 59.6. The van der Waals surface area contributed by atoms with Gasteiger partial charge in [0.05, 0.1) is 37.2 Å². The van der Waals surface area contributed by atoms with Gasteiger partial charge in [0, 0.05) is 19.3 Å². The molecule has 0 amide bonds. The minimum atomic E-state index is -4.65. The zero-order valence-corrected chi connectivity index (χ0v) is 15.8. The number of hydrogen-bond donors (Lipinski definition) is 2. The van der Waals surface area contributed by atoms with E-state index in [1.54, 1.807) is 0 Å². The van der Waals surface area contributed by atoms with Crippen LogP contribution in [-0.2, 0) is 10.9 Å². The summed E-state index contributed by atoms with van der Waals surface area (Å²) in [7, 11) is 0. The number of alkyl halides is 4. The predicted octanol–water partition coefficient (Wildman–Crippen LogP) is 2.65. The standard InChI is InChI=1S/C16H18ClF4N7O/c17-13-11(25-15-23-3-9(14(22)26-15)16(19,20)21)4-24-28(13)12-1-2-27(5-10(12)18)8-6-29-7-8/h3-4,8,10,12H,1-2,5-7H2,(H3,22,23,25,26)/t10-,12-/m0/s1. The van der Waals surface area contributed by atoms with Crippen LogP contribution in [0.4, 0.5) is 35.0 Å². The molecule has 0 saturated carbocycles. The summed E-state index contributed by atoms with van der Waals surface area (Å²) in [6.45, 7) is 2.18. The molecule has 0 radical (unpaired) electrons. The number of halogens is 5. The van der Waals surface area contributed by atoms with Crippen molar-refractivity contribution in [2.75, 3.05) is 37.4 Å². The van der Waals surface area contributed by atoms with E-state index in [4.69, 9.17) is 22.1 Å². The van der Waals surface area contributed by atoms with Gasteiger partial charge in [-0.3, -0.25) is 4.90 Å². The van der Waals surface area contributed by atoms with Gasteiger partial charge >= 0.3 is 6.18 Å². The molecular weight excluding hydrogens is 418 g/mol. The molecule has 0 bridgehead atoms. The van der Waals surface area contributed by atoms with Crippen molar-refractivity contribution < 1.29 is 22.3 Å². The Bertz CT molecular complexity index is 889. The number of aromatic nitrogens is 4. The second-order valence-electron chi connectivity index (χ2n) is 6.97. The molecule has 3 N–H and O–H groups in total. The third-order valence-electron chi connectivity index (χ3n) is 5.09. The monoisotopic (exact) mass is 435 g/mol. The molecule has 4 heterocycles. The van der Waals surface area contributed by atoms with E-state index in [0.29, 0.717) is 32.4 Å². The number of ether oxygens (including phenoxy) is 1. The molecule has 29 heavy (non-hydrogen) atoms. The predicted molar refractivity (Wildman–Crippen MR) is 96.7 cm³/mol. The maximum atomic E-state index is 14.8. The van der Waals surface area contributed by atoms with Crippen molar-refractivity contribution in [3.05, 3.63) is 23.1 Å². The normalized spacial score (nSPS) is 23.8. The maximum absolute atomic E-state index is 14.8. The van der Waals surface area contributed by atoms with E-state index in [1.807, 2.05) is 0 Å². The Morgan fingerprint density at radius 3 is 2.62 bits per heavy atom. The number of anilines is 3. The fourth-order valence-corrected chi connectivity index (χ4v) is 3.68. The van der Waals surface area contributed by atoms with E-state index in [1.165, 1.54) is 10.9 Å². The van der Waals surface area contributed by atoms with E-state index in [-0.39, 0.29) is 29.4 Å². The van der Waals surface area contributed by atoms with Crippen molar-refractivity contribution in [2.45, 2.75) is 30.9 Å². The van der Waals surface area contributed by atoms with E-state index >= 15 is 0 Å². The topological polar surface area (TPSA) is 94.1 Å². The molecule has 13 heteroatoms. The molecule has 0 unspecified atom stereocenters. The third kappa shape index (κ3) is 3.96. The molecule has 2 aromatic rings. The number of nitrogen functional groups attached to an aromatic ring is 1. The molecule has 2 aromatic heterocycles. The summed E-state index contributed by atoms with van der Waals surface area (Å²) in [6.07, 6.45) is -3.38. The van der Waals surface area contributed by atoms with Gasteiger partial charge < -0.3 is 15.8 Å². The van der Waals surface area contributed by atoms with Gasteiger partial charge in [-0.2, -0.15) is 23.3 Å². The van der Waals surface area contributed by atoms with Gasteiger partial charge in [0.1, 0.15) is 17.6 Å². The van der Waals surface area contributed by atoms with Gasteiger partial charge in [0.15, 0.2) is 5.15 Å². The molecule has 2 saturated heterocycles. The first-order valence-corrected chi connectivity index (χ1v) is 9.27. The number of hydrogen-bond acceptors (Lipinski definition) is 7. The zero-order chi connectivity index (χ0) is 20.8. The highest BCUT2D eigenvalue weighted by molar-refractivity contribution is 6.32. The summed E-state index contributed by atoms with van der Waals surface area (Å²) in [4.78, 5) is 9.27. The van der Waals surface area contributed by atoms with Crippen molar-refractivity contribution in [1.29, 1.82) is 0 Å². The van der Waals surface area contributed by atoms with Crippen LogP contribution < -0.4 is 11.1 Å². The first-order chi connectivity index (χ1) is 13.7. The average Bonchev–Trinajstić information content (AvgIpc) is 2.93. The van der Waals surface area contributed by atoms with Crippen LogP contribution in [-0.4, -0.2) is 63.2 Å². The number of nitrogens with one attached hydrogen (secondary N) is 1. The fourth-order valence-electron chi connectivity index (χ4n) is 3.41. The Hall–Kier alpha value is -2.18. The van der Waals surface area contributed by atoms with Crippen molar-refractivity contribution in [2.24, 2.45) is 0 Å². The Labute approximate surface area is 168 Å². The lowest BCUT2D eigenvalue weighted by Crippen LogP contribution is -2.55. The molecule has 2 atom stereocenters. The molecule has 8 nitrogen and oxygen atoms in total. The maximum Gasteiger partial charge on any atom is 0.421 e. The van der Waals surface area contributed by atoms with Gasteiger partial charge in [0.2, 0.25) is 5.95 Å². The smallest absolute Gasteiger partial charge is 0.383 e. The number of nitrogens with zero attached hydrogens (tertiary/aromatic N) is 5. The number of piperidine rings is 1. The number of nitrogens with two attached hydrogens (primary N) is 1. The van der Waals surface area contributed by atoms with Crippen molar-refractivity contribution in [1.82, 2.24) is 24.6 Å². The Morgan fingerprint density at radius 1 is 1.28 bits per heavy atom. The summed E-state index contributed by atoms with van der Waals surface area (Å²) in [5, 5.41) is 6.93. The van der Waals surface area contributed by atoms with Gasteiger partial charge in [-0.25, -0.2) is 14.1 Å². The highest BCUT2D eigenvalue weighted by Gasteiger charge is 2.37. The quantitative estimate of drug-likeness (QED) is 0.713. The lowest BCUT2D eigenvalue weighted by atomic mass is 10.0. The van der Waals surface area contributed by atoms with E-state index < -0.39 is 29.8 Å². The highest BCUT2D eigenvalue weighted by atomic mass is 35.5. The summed E-state index contributed by atoms with van der Waals surface area (Å²) in [5.41, 5.74) is 4.48. The Morgan fingerprint density at radius 2 is 2.03 bits per heavy atom. The van der Waals surface area contributed by atoms with E-state index in [9.17, 15) is 17.6 Å². The Kier molecular flexibility index (Phi) is 5.25. The first-order valence-electron chi connectivity index (χ1n) is 8.89. The van der Waals surface area contributed by atoms with Crippen LogP contribution in [0.5, 0.6) is 0 Å². The van der Waals surface area contributed by atoms with Gasteiger partial charge in [-0.1, -0.05) is 11.6 Å². The second kappa shape index (κ2) is 7.58. The Balaban J connectivity index is 1.47. The van der Waals surface area contributed by atoms with Crippen LogP contribution >= 0.6 is 11.6 Å². The summed E-state index contributed by atoms with van der Waals surface area (Å²) >= 11 is 6.32. The van der Waals surface area contributed by atoms with Gasteiger partial charge in [0.25, 0.3) is 0 Å². The highest BCUT2D eigenvalue weighted by Crippen LogP contribution is 2.35. The van der Waals surface area contributed by atoms with Crippen molar-refractivity contribution in [3.8, 4) is 0 Å². The molecule has 2 aliphatic rings. The lowest BCUT2D eigenvalue weighted by Gasteiger charge is -2.42. The summed E-state index contributed by atoms with van der Waals surface area (Å²) in [6, 6.07) is -0.296. The molecule has 4 rings (SSSR count). The minimum Gasteiger partial charge on any atom is -0.383 e. The van der Waals surface area contributed by atoms with Crippen LogP contribution in [0.15, 0.2) is 12.4 Å². The second-order valence-corrected chi connectivity index (χ2v) is 7.33. The SMILES string of the molecule is Nc1nc(Nc2cnn([C@H]3CCN(C4COC4)C[C@@H]3F)c2Cl)ncc1C(F)(F)F. The molecule has 158 valence electrons. The average molecular weight is 436 g/mol. The van der Waals surface area contributed by atoms with Crippen LogP contribution in [0.2, 0.25) is 5.15 Å². The van der Waals surface area contributed by atoms with Crippen molar-refractivity contribution >= 4 is 29.1 Å². The molecule has 0 aliphatic carbocycles. The third-order valence-corrected chi connectivity index (χ3v) is 5.47. The molecule has 2 fully saturated rings. The lowest BCUT2D eigenvalue weighted by molar-refractivity contribution is -0.137. The van der Waals surface area contributed by atoms with Crippen LogP contribution in [0.25, 0.3) is 0 Å². The van der Waals surface area contributed by atoms with Crippen LogP contribution in [0, 0.1) is 0 Å². The molecule has 0 aromatic carbocycles. The van der Waals surface area contributed by atoms with Crippen molar-refractivity contribution in [3.63, 3.8) is 0 Å². The summed E-state index contributed by atoms with van der Waals surface area (Å²) in [5.74, 6) is -0.886. The zero-order valence-electron chi connectivity index (χ0n) is 15.0. The van der Waals surface area contributed by atoms with Crippen LogP contribution in [0.3, 0.4) is 0 Å². The molecule has 2 aliphatic heterocycles. The van der Waals surface area contributed by atoms with Crippen LogP contribution in [0.1, 0.15) is 18.0 Å². The first kappa shape index (κ1) is 20.1. The largest absolute Gasteiger partial charge is 0.421 e. The fraction of sp³-hybridized carbons (Fsp3) is 0.562. The molecular formula is C16H18ClF4N7O. The molecule has 0 spiro atoms. The minimum absolute atomic E-state index is 0.111.